The molecule has 3 rings (SSSR count). The molecule has 1 saturated heterocycles. The minimum atomic E-state index is -0.549. The molecule has 1 atom stereocenters. The normalized spacial score (nSPS) is 19.8. The van der Waals surface area contributed by atoms with E-state index in [9.17, 15) is 5.11 Å². The molecule has 1 aliphatic heterocycles. The third-order valence-electron chi connectivity index (χ3n) is 4.90. The molecule has 0 bridgehead atoms. The fourth-order valence-electron chi connectivity index (χ4n) is 3.55. The van der Waals surface area contributed by atoms with Crippen LogP contribution in [-0.2, 0) is 6.42 Å². The lowest BCUT2D eigenvalue weighted by molar-refractivity contribution is 0.231. The summed E-state index contributed by atoms with van der Waals surface area (Å²) in [7, 11) is 1.68. The number of methoxy groups -OCH3 is 1. The lowest BCUT2D eigenvalue weighted by atomic mass is 10.0. The summed E-state index contributed by atoms with van der Waals surface area (Å²) in [5, 5.41) is 10.4. The van der Waals surface area contributed by atoms with Crippen LogP contribution in [0.25, 0.3) is 0 Å². The molecule has 2 aliphatic rings. The maximum atomic E-state index is 10.4. The van der Waals surface area contributed by atoms with E-state index >= 15 is 0 Å². The highest BCUT2D eigenvalue weighted by Gasteiger charge is 2.43. The summed E-state index contributed by atoms with van der Waals surface area (Å²) in [5.41, 5.74) is 4.14. The minimum Gasteiger partial charge on any atom is -0.497 e. The van der Waals surface area contributed by atoms with Crippen molar-refractivity contribution in [3.05, 3.63) is 41.0 Å². The van der Waals surface area contributed by atoms with Gasteiger partial charge < -0.3 is 9.84 Å². The number of thioether (sulfide) groups is 2. The van der Waals surface area contributed by atoms with Gasteiger partial charge in [0, 0.05) is 24.3 Å². The van der Waals surface area contributed by atoms with Gasteiger partial charge in [-0.3, -0.25) is 0 Å². The molecule has 2 nitrogen and oxygen atoms in total. The SMILES string of the molecule is COc1cccc(CCC#CC(O)CC2=C(C)CCC23SCCS3)c1. The Morgan fingerprint density at radius 3 is 2.88 bits per heavy atom. The molecule has 0 aromatic heterocycles. The number of rotatable bonds is 5. The maximum Gasteiger partial charge on any atom is 0.119 e. The molecule has 1 aliphatic carbocycles. The minimum absolute atomic E-state index is 0.243. The van der Waals surface area contributed by atoms with Gasteiger partial charge in [0.15, 0.2) is 0 Å². The van der Waals surface area contributed by atoms with E-state index in [1.54, 1.807) is 7.11 Å². The van der Waals surface area contributed by atoms with E-state index in [1.807, 2.05) is 18.2 Å². The molecule has 1 aromatic carbocycles. The standard InChI is InChI=1S/C21H26O2S2/c1-16-10-11-21(24-12-13-25-21)20(16)15-18(22)8-4-3-6-17-7-5-9-19(14-17)23-2/h5,7,9,14,18,22H,3,6,10-13,15H2,1-2H3. The molecular weight excluding hydrogens is 348 g/mol. The molecule has 4 heteroatoms. The predicted octanol–water partition coefficient (Wildman–Crippen LogP) is 4.67. The van der Waals surface area contributed by atoms with Gasteiger partial charge in [0.1, 0.15) is 11.9 Å². The van der Waals surface area contributed by atoms with Crippen molar-refractivity contribution in [2.24, 2.45) is 0 Å². The summed E-state index contributed by atoms with van der Waals surface area (Å²) in [6, 6.07) is 8.09. The molecule has 0 radical (unpaired) electrons. The number of aliphatic hydroxyl groups excluding tert-OH is 1. The Hall–Kier alpha value is -1.02. The van der Waals surface area contributed by atoms with E-state index in [1.165, 1.54) is 41.1 Å². The Morgan fingerprint density at radius 2 is 2.12 bits per heavy atom. The van der Waals surface area contributed by atoms with Crippen LogP contribution < -0.4 is 4.74 Å². The predicted molar refractivity (Wildman–Crippen MR) is 109 cm³/mol. The number of benzene rings is 1. The van der Waals surface area contributed by atoms with Gasteiger partial charge in [0.2, 0.25) is 0 Å². The van der Waals surface area contributed by atoms with Crippen LogP contribution in [0.1, 0.15) is 38.2 Å². The van der Waals surface area contributed by atoms with E-state index in [4.69, 9.17) is 4.74 Å². The second kappa shape index (κ2) is 8.58. The van der Waals surface area contributed by atoms with Crippen molar-refractivity contribution in [3.63, 3.8) is 0 Å². The van der Waals surface area contributed by atoms with E-state index in [0.29, 0.717) is 6.42 Å². The Labute approximate surface area is 159 Å². The zero-order chi connectivity index (χ0) is 17.7. The van der Waals surface area contributed by atoms with E-state index in [-0.39, 0.29) is 4.08 Å². The zero-order valence-electron chi connectivity index (χ0n) is 15.0. The van der Waals surface area contributed by atoms with Crippen LogP contribution in [0.5, 0.6) is 5.75 Å². The lowest BCUT2D eigenvalue weighted by Gasteiger charge is -2.26. The molecule has 1 aromatic rings. The van der Waals surface area contributed by atoms with Gasteiger partial charge in [-0.15, -0.1) is 29.4 Å². The zero-order valence-corrected chi connectivity index (χ0v) is 16.6. The van der Waals surface area contributed by atoms with E-state index in [2.05, 4.69) is 48.4 Å². The van der Waals surface area contributed by atoms with Crippen molar-refractivity contribution >= 4 is 23.5 Å². The summed E-state index contributed by atoms with van der Waals surface area (Å²) in [6.45, 7) is 2.23. The van der Waals surface area contributed by atoms with Gasteiger partial charge in [0.05, 0.1) is 11.2 Å². The van der Waals surface area contributed by atoms with Crippen molar-refractivity contribution in [3.8, 4) is 17.6 Å². The largest absolute Gasteiger partial charge is 0.497 e. The fourth-order valence-corrected chi connectivity index (χ4v) is 7.07. The Morgan fingerprint density at radius 1 is 1.32 bits per heavy atom. The van der Waals surface area contributed by atoms with Gasteiger partial charge in [-0.1, -0.05) is 23.6 Å². The van der Waals surface area contributed by atoms with Gasteiger partial charge >= 0.3 is 0 Å². The van der Waals surface area contributed by atoms with Crippen LogP contribution in [0.15, 0.2) is 35.4 Å². The van der Waals surface area contributed by atoms with Crippen molar-refractivity contribution in [2.75, 3.05) is 18.6 Å². The number of hydrogen-bond donors (Lipinski definition) is 1. The number of ether oxygens (including phenoxy) is 1. The molecule has 0 amide bonds. The second-order valence-corrected chi connectivity index (χ2v) is 9.65. The summed E-state index contributed by atoms with van der Waals surface area (Å²) >= 11 is 4.14. The number of aliphatic hydroxyl groups is 1. The van der Waals surface area contributed by atoms with Crippen LogP contribution in [0.4, 0.5) is 0 Å². The highest BCUT2D eigenvalue weighted by molar-refractivity contribution is 8.21. The van der Waals surface area contributed by atoms with Crippen LogP contribution in [0.2, 0.25) is 0 Å². The molecule has 134 valence electrons. The van der Waals surface area contributed by atoms with Crippen LogP contribution in [-0.4, -0.2) is 33.9 Å². The van der Waals surface area contributed by atoms with Crippen molar-refractivity contribution in [1.29, 1.82) is 0 Å². The van der Waals surface area contributed by atoms with E-state index < -0.39 is 6.10 Å². The summed E-state index contributed by atoms with van der Waals surface area (Å²) in [4.78, 5) is 0. The monoisotopic (exact) mass is 374 g/mol. The first kappa shape index (κ1) is 18.8. The van der Waals surface area contributed by atoms with Crippen LogP contribution in [0, 0.1) is 11.8 Å². The van der Waals surface area contributed by atoms with Gasteiger partial charge in [0.25, 0.3) is 0 Å². The first-order chi connectivity index (χ1) is 12.1. The number of hydrogen-bond acceptors (Lipinski definition) is 4. The molecule has 1 fully saturated rings. The van der Waals surface area contributed by atoms with Gasteiger partial charge in [-0.2, -0.15) is 0 Å². The number of aryl methyl sites for hydroxylation is 1. The van der Waals surface area contributed by atoms with Crippen molar-refractivity contribution < 1.29 is 9.84 Å². The Kier molecular flexibility index (Phi) is 6.44. The third-order valence-corrected chi connectivity index (χ3v) is 8.51. The third kappa shape index (κ3) is 4.58. The topological polar surface area (TPSA) is 29.5 Å². The smallest absolute Gasteiger partial charge is 0.119 e. The first-order valence-corrected chi connectivity index (χ1v) is 10.9. The fraction of sp³-hybridized carbons (Fsp3) is 0.524. The average Bonchev–Trinajstić information content (AvgIpc) is 3.22. The quantitative estimate of drug-likeness (QED) is 0.599. The molecule has 1 N–H and O–H groups in total. The average molecular weight is 375 g/mol. The van der Waals surface area contributed by atoms with Gasteiger partial charge in [-0.25, -0.2) is 0 Å². The second-order valence-electron chi connectivity index (χ2n) is 6.60. The molecule has 0 saturated carbocycles. The summed E-state index contributed by atoms with van der Waals surface area (Å²) in [6.07, 6.45) is 4.19. The summed E-state index contributed by atoms with van der Waals surface area (Å²) in [5.74, 6) is 9.55. The highest BCUT2D eigenvalue weighted by atomic mass is 32.2. The highest BCUT2D eigenvalue weighted by Crippen LogP contribution is 2.57. The van der Waals surface area contributed by atoms with E-state index in [0.717, 1.165) is 18.6 Å². The molecule has 1 unspecified atom stereocenters. The van der Waals surface area contributed by atoms with Crippen LogP contribution in [0.3, 0.4) is 0 Å². The molecule has 1 heterocycles. The van der Waals surface area contributed by atoms with Crippen molar-refractivity contribution in [2.45, 2.75) is 49.2 Å². The van der Waals surface area contributed by atoms with Crippen molar-refractivity contribution in [1.82, 2.24) is 0 Å². The first-order valence-electron chi connectivity index (χ1n) is 8.89. The summed E-state index contributed by atoms with van der Waals surface area (Å²) < 4.78 is 5.49. The van der Waals surface area contributed by atoms with Gasteiger partial charge in [-0.05, 0) is 49.5 Å². The molecule has 25 heavy (non-hydrogen) atoms. The molecule has 1 spiro atoms. The Bertz CT molecular complexity index is 693. The Balaban J connectivity index is 1.53. The number of allylic oxidation sites excluding steroid dienone is 1. The molecular formula is C21H26O2S2. The maximum absolute atomic E-state index is 10.4. The lowest BCUT2D eigenvalue weighted by Crippen LogP contribution is -2.20. The van der Waals surface area contributed by atoms with Crippen LogP contribution >= 0.6 is 23.5 Å².